The van der Waals surface area contributed by atoms with Crippen LogP contribution in [0.25, 0.3) is 5.57 Å². The second kappa shape index (κ2) is 9.82. The Morgan fingerprint density at radius 3 is 2.80 bits per heavy atom. The van der Waals surface area contributed by atoms with Crippen molar-refractivity contribution in [1.82, 2.24) is 15.2 Å². The number of nitrogens with one attached hydrogen (secondary N) is 1. The van der Waals surface area contributed by atoms with Crippen molar-refractivity contribution < 1.29 is 19.5 Å². The summed E-state index contributed by atoms with van der Waals surface area (Å²) in [7, 11) is 0. The van der Waals surface area contributed by atoms with Gasteiger partial charge in [-0.2, -0.15) is 0 Å². The van der Waals surface area contributed by atoms with Crippen molar-refractivity contribution >= 4 is 34.5 Å². The highest BCUT2D eigenvalue weighted by Crippen LogP contribution is 2.28. The van der Waals surface area contributed by atoms with Crippen LogP contribution in [0.15, 0.2) is 41.2 Å². The van der Waals surface area contributed by atoms with Gasteiger partial charge in [-0.05, 0) is 25.3 Å². The first-order valence-electron chi connectivity index (χ1n) is 9.82. The third kappa shape index (κ3) is 5.64. The molecule has 9 heteroatoms. The number of nitrogens with zero attached hydrogens (tertiary/aromatic N) is 2. The van der Waals surface area contributed by atoms with Crippen LogP contribution in [-0.2, 0) is 14.4 Å². The number of ketones is 1. The highest BCUT2D eigenvalue weighted by atomic mass is 32.1. The number of hydrogen-bond acceptors (Lipinski definition) is 7. The number of aliphatic hydroxyl groups is 1. The van der Waals surface area contributed by atoms with Gasteiger partial charge in [0.15, 0.2) is 5.78 Å². The smallest absolute Gasteiger partial charge is 0.243 e. The largest absolute Gasteiger partial charge is 0.402 e. The second-order valence-electron chi connectivity index (χ2n) is 7.58. The van der Waals surface area contributed by atoms with Gasteiger partial charge < -0.3 is 21.1 Å². The van der Waals surface area contributed by atoms with Crippen LogP contribution in [-0.4, -0.2) is 57.8 Å². The van der Waals surface area contributed by atoms with Crippen LogP contribution >= 0.6 is 11.3 Å². The minimum absolute atomic E-state index is 0.0408. The molecular weight excluding hydrogens is 404 g/mol. The molecule has 2 heterocycles. The van der Waals surface area contributed by atoms with Crippen LogP contribution in [0.1, 0.15) is 37.5 Å². The Kier molecular flexibility index (Phi) is 7.17. The lowest BCUT2D eigenvalue weighted by molar-refractivity contribution is -0.140. The molecule has 0 saturated carbocycles. The molecule has 0 aromatic carbocycles. The zero-order chi connectivity index (χ0) is 21.7. The number of aliphatic hydroxyl groups excluding tert-OH is 1. The fourth-order valence-corrected chi connectivity index (χ4v) is 4.30. The number of carbonyl (C=O) groups is 3. The van der Waals surface area contributed by atoms with E-state index in [9.17, 15) is 19.5 Å². The van der Waals surface area contributed by atoms with Crippen LogP contribution < -0.4 is 11.1 Å². The van der Waals surface area contributed by atoms with Crippen LogP contribution in [0.4, 0.5) is 0 Å². The lowest BCUT2D eigenvalue weighted by Gasteiger charge is -2.24. The van der Waals surface area contributed by atoms with E-state index < -0.39 is 23.8 Å². The van der Waals surface area contributed by atoms with E-state index in [4.69, 9.17) is 5.73 Å². The summed E-state index contributed by atoms with van der Waals surface area (Å²) in [5.74, 6) is -1.23. The molecule has 1 aliphatic heterocycles. The van der Waals surface area contributed by atoms with Gasteiger partial charge in [0, 0.05) is 37.5 Å². The van der Waals surface area contributed by atoms with Gasteiger partial charge in [0.05, 0.1) is 22.9 Å². The molecule has 4 N–H and O–H groups in total. The van der Waals surface area contributed by atoms with E-state index in [2.05, 4.69) is 10.3 Å². The molecular formula is C21H26N4O4S. The standard InChI is InChI=1S/C21H26N4O4S/c1-13(22)6-16(26)8-20(28)25-11-17(27)7-18(25)21(29)24-9-14-2-4-15(5-3-14)19-10-23-12-30-19/h2,4,6,10,12,17-18,27H,3,5,7-9,11,22H2,1H3,(H,24,29)/t17-,18+/m1/s1. The normalized spacial score (nSPS) is 21.8. The second-order valence-corrected chi connectivity index (χ2v) is 8.47. The number of hydrogen-bond donors (Lipinski definition) is 3. The number of β-amino-alcohol motifs (C(OH)–C–C–N with tert-alkyl or cyclic N) is 1. The highest BCUT2D eigenvalue weighted by Gasteiger charge is 2.39. The molecule has 8 nitrogen and oxygen atoms in total. The molecule has 30 heavy (non-hydrogen) atoms. The predicted molar refractivity (Wildman–Crippen MR) is 114 cm³/mol. The molecule has 1 fully saturated rings. The van der Waals surface area contributed by atoms with Gasteiger partial charge in [-0.1, -0.05) is 17.7 Å². The van der Waals surface area contributed by atoms with Gasteiger partial charge in [-0.25, -0.2) is 0 Å². The van der Waals surface area contributed by atoms with Crippen LogP contribution in [0.5, 0.6) is 0 Å². The summed E-state index contributed by atoms with van der Waals surface area (Å²) >= 11 is 1.60. The molecule has 3 rings (SSSR count). The Labute approximate surface area is 179 Å². The Morgan fingerprint density at radius 2 is 2.17 bits per heavy atom. The number of aromatic nitrogens is 1. The monoisotopic (exact) mass is 430 g/mol. The maximum atomic E-state index is 12.7. The van der Waals surface area contributed by atoms with Crippen molar-refractivity contribution in [2.75, 3.05) is 13.1 Å². The van der Waals surface area contributed by atoms with Gasteiger partial charge >= 0.3 is 0 Å². The molecule has 0 unspecified atom stereocenters. The van der Waals surface area contributed by atoms with Crippen molar-refractivity contribution in [2.45, 2.75) is 44.8 Å². The third-order valence-corrected chi connectivity index (χ3v) is 5.94. The summed E-state index contributed by atoms with van der Waals surface area (Å²) in [6.45, 7) is 1.99. The number of thiazole rings is 1. The maximum Gasteiger partial charge on any atom is 0.243 e. The summed E-state index contributed by atoms with van der Waals surface area (Å²) in [4.78, 5) is 43.5. The number of allylic oxidation sites excluding steroid dienone is 5. The minimum atomic E-state index is -0.787. The SMILES string of the molecule is CC(N)=CC(=O)CC(=O)N1C[C@H](O)C[C@H]1C(=O)NCC1=CC=C(c2cncs2)CC1. The van der Waals surface area contributed by atoms with E-state index in [1.165, 1.54) is 16.5 Å². The van der Waals surface area contributed by atoms with Crippen molar-refractivity contribution in [2.24, 2.45) is 5.73 Å². The number of likely N-dealkylation sites (tertiary alicyclic amines) is 1. The fraction of sp³-hybridized carbons (Fsp3) is 0.429. The van der Waals surface area contributed by atoms with Crippen molar-refractivity contribution in [3.8, 4) is 0 Å². The Bertz CT molecular complexity index is 900. The first-order valence-corrected chi connectivity index (χ1v) is 10.7. The average molecular weight is 431 g/mol. The zero-order valence-electron chi connectivity index (χ0n) is 16.8. The van der Waals surface area contributed by atoms with Gasteiger partial charge in [0.2, 0.25) is 11.8 Å². The van der Waals surface area contributed by atoms with Crippen LogP contribution in [0, 0.1) is 0 Å². The topological polar surface area (TPSA) is 126 Å². The molecule has 2 atom stereocenters. The lowest BCUT2D eigenvalue weighted by Crippen LogP contribution is -2.46. The zero-order valence-corrected chi connectivity index (χ0v) is 17.7. The van der Waals surface area contributed by atoms with E-state index in [0.717, 1.165) is 23.3 Å². The Morgan fingerprint density at radius 1 is 1.37 bits per heavy atom. The first kappa shape index (κ1) is 21.9. The molecule has 1 saturated heterocycles. The van der Waals surface area contributed by atoms with E-state index in [1.807, 2.05) is 18.3 Å². The van der Waals surface area contributed by atoms with E-state index in [0.29, 0.717) is 12.2 Å². The molecule has 1 aromatic rings. The Hall–Kier alpha value is -2.78. The first-order chi connectivity index (χ1) is 14.3. The van der Waals surface area contributed by atoms with Crippen LogP contribution in [0.3, 0.4) is 0 Å². The summed E-state index contributed by atoms with van der Waals surface area (Å²) in [5, 5.41) is 12.8. The summed E-state index contributed by atoms with van der Waals surface area (Å²) < 4.78 is 0. The molecule has 0 radical (unpaired) electrons. The number of carbonyl (C=O) groups excluding carboxylic acids is 3. The van der Waals surface area contributed by atoms with E-state index >= 15 is 0 Å². The summed E-state index contributed by atoms with van der Waals surface area (Å²) in [6, 6.07) is -0.782. The Balaban J connectivity index is 1.56. The quantitative estimate of drug-likeness (QED) is 0.440. The maximum absolute atomic E-state index is 12.7. The van der Waals surface area contributed by atoms with E-state index in [-0.39, 0.29) is 25.3 Å². The lowest BCUT2D eigenvalue weighted by atomic mass is 9.97. The number of rotatable bonds is 7. The molecule has 1 aromatic heterocycles. The van der Waals surface area contributed by atoms with Crippen molar-refractivity contribution in [1.29, 1.82) is 0 Å². The molecule has 160 valence electrons. The summed E-state index contributed by atoms with van der Waals surface area (Å²) in [5.41, 5.74) is 9.91. The van der Waals surface area contributed by atoms with Gasteiger partial charge in [-0.15, -0.1) is 11.3 Å². The molecule has 0 spiro atoms. The van der Waals surface area contributed by atoms with Crippen LogP contribution in [0.2, 0.25) is 0 Å². The molecule has 0 bridgehead atoms. The van der Waals surface area contributed by atoms with Gasteiger partial charge in [0.25, 0.3) is 0 Å². The fourth-order valence-electron chi connectivity index (χ4n) is 3.62. The third-order valence-electron chi connectivity index (χ3n) is 5.09. The van der Waals surface area contributed by atoms with Crippen molar-refractivity contribution in [3.05, 3.63) is 46.1 Å². The number of amides is 2. The van der Waals surface area contributed by atoms with Gasteiger partial charge in [0.1, 0.15) is 6.04 Å². The molecule has 2 amide bonds. The van der Waals surface area contributed by atoms with Crippen molar-refractivity contribution in [3.63, 3.8) is 0 Å². The summed E-state index contributed by atoms with van der Waals surface area (Å²) in [6.07, 6.45) is 7.81. The highest BCUT2D eigenvalue weighted by molar-refractivity contribution is 7.10. The van der Waals surface area contributed by atoms with Gasteiger partial charge in [-0.3, -0.25) is 19.4 Å². The average Bonchev–Trinajstić information content (AvgIpc) is 3.35. The van der Waals surface area contributed by atoms with E-state index in [1.54, 1.807) is 23.8 Å². The predicted octanol–water partition coefficient (Wildman–Crippen LogP) is 1.15. The molecule has 1 aliphatic carbocycles. The molecule has 2 aliphatic rings. The number of nitrogens with two attached hydrogens (primary N) is 1. The minimum Gasteiger partial charge on any atom is -0.402 e.